The van der Waals surface area contributed by atoms with Crippen LogP contribution in [0, 0.1) is 5.41 Å². The molecule has 0 radical (unpaired) electrons. The van der Waals surface area contributed by atoms with Crippen LogP contribution < -0.4 is 16.0 Å². The Kier molecular flexibility index (Phi) is 16.9. The summed E-state index contributed by atoms with van der Waals surface area (Å²) in [5, 5.41) is 8.98. The molecule has 13 nitrogen and oxygen atoms in total. The minimum absolute atomic E-state index is 0.140. The molecule has 0 bridgehead atoms. The van der Waals surface area contributed by atoms with Crippen LogP contribution in [0.5, 0.6) is 0 Å². The maximum atomic E-state index is 15.2. The molecule has 2 aromatic carbocycles. The van der Waals surface area contributed by atoms with E-state index in [1.165, 1.54) is 4.90 Å². The molecule has 13 heteroatoms. The number of hydrogen-bond donors (Lipinski definition) is 3. The summed E-state index contributed by atoms with van der Waals surface area (Å²) in [5.74, 6) is -0.671. The Hall–Kier alpha value is -4.49. The van der Waals surface area contributed by atoms with Gasteiger partial charge in [-0.3, -0.25) is 19.3 Å². The van der Waals surface area contributed by atoms with Crippen molar-refractivity contribution in [2.24, 2.45) is 5.41 Å². The monoisotopic (exact) mass is 817 g/mol. The second-order valence-electron chi connectivity index (χ2n) is 18.4. The van der Waals surface area contributed by atoms with Crippen LogP contribution in [-0.2, 0) is 27.2 Å². The molecule has 2 aliphatic rings. The number of nitrogens with one attached hydrogen (secondary N) is 3. The molecule has 0 spiro atoms. The summed E-state index contributed by atoms with van der Waals surface area (Å²) in [4.78, 5) is 79.5. The average Bonchev–Trinajstić information content (AvgIpc) is 3.88. The first kappa shape index (κ1) is 47.2. The van der Waals surface area contributed by atoms with Crippen molar-refractivity contribution in [2.75, 3.05) is 53.4 Å². The predicted octanol–water partition coefficient (Wildman–Crippen LogP) is 5.15. The van der Waals surface area contributed by atoms with Gasteiger partial charge < -0.3 is 35.6 Å². The zero-order chi connectivity index (χ0) is 43.5. The number of likely N-dealkylation sites (N-methyl/N-ethyl adjacent to an activating group) is 2. The summed E-state index contributed by atoms with van der Waals surface area (Å²) in [6, 6.07) is 17.4. The topological polar surface area (TPSA) is 138 Å². The van der Waals surface area contributed by atoms with E-state index in [0.29, 0.717) is 58.5 Å². The first-order valence-corrected chi connectivity index (χ1v) is 21.6. The average molecular weight is 817 g/mol. The molecule has 4 rings (SSSR count). The van der Waals surface area contributed by atoms with E-state index < -0.39 is 29.1 Å². The van der Waals surface area contributed by atoms with Crippen LogP contribution in [0.25, 0.3) is 0 Å². The van der Waals surface area contributed by atoms with Crippen molar-refractivity contribution in [3.63, 3.8) is 0 Å². The number of amides is 7. The molecule has 3 N–H and O–H groups in total. The highest BCUT2D eigenvalue weighted by molar-refractivity contribution is 5.98. The molecule has 2 heterocycles. The van der Waals surface area contributed by atoms with Gasteiger partial charge in [0.15, 0.2) is 0 Å². The van der Waals surface area contributed by atoms with Crippen molar-refractivity contribution in [1.82, 2.24) is 40.4 Å². The van der Waals surface area contributed by atoms with Gasteiger partial charge in [0, 0.05) is 50.8 Å². The first-order chi connectivity index (χ1) is 27.9. The third-order valence-corrected chi connectivity index (χ3v) is 11.8. The lowest BCUT2D eigenvalue weighted by atomic mass is 9.85. The fraction of sp³-hybridized carbons (Fsp3) is 0.630. The number of benzene rings is 2. The molecule has 7 amide bonds. The fourth-order valence-electron chi connectivity index (χ4n) is 8.02. The van der Waals surface area contributed by atoms with E-state index in [-0.39, 0.29) is 41.9 Å². The second kappa shape index (κ2) is 21.2. The van der Waals surface area contributed by atoms with E-state index in [0.717, 1.165) is 30.4 Å². The number of likely N-dealkylation sites (tertiary alicyclic amines) is 2. The zero-order valence-corrected chi connectivity index (χ0v) is 37.4. The zero-order valence-electron chi connectivity index (χ0n) is 37.4. The molecule has 326 valence electrons. The Morgan fingerprint density at radius 1 is 0.695 bits per heavy atom. The van der Waals surface area contributed by atoms with Crippen molar-refractivity contribution < 1.29 is 24.0 Å². The molecular weight excluding hydrogens is 745 g/mol. The standard InChI is InChI=1S/C46H72N8O5/c1-33(47-9)40(55)49-39(45(3,4)5)42(57)52-27-17-23-37(52)31-50(29-25-35-19-13-11-14-20-35)43(58)51(30-26-36-21-15-12-16-22-36)32-38-24-18-28-53(38)44(59)54(46(6,7)8)41(56)34(2)48-10/h11-16,19-22,33-34,37-39,47-48H,17-18,23-32H2,1-10H3,(H,49,55)/t33-,34-,37-,38-,39+/m0/s1. The predicted molar refractivity (Wildman–Crippen MR) is 234 cm³/mol. The van der Waals surface area contributed by atoms with Gasteiger partial charge in [0.2, 0.25) is 17.7 Å². The summed E-state index contributed by atoms with van der Waals surface area (Å²) in [6.45, 7) is 17.5. The van der Waals surface area contributed by atoms with Crippen LogP contribution >= 0.6 is 0 Å². The van der Waals surface area contributed by atoms with Crippen molar-refractivity contribution in [3.05, 3.63) is 71.8 Å². The third kappa shape index (κ3) is 12.8. The van der Waals surface area contributed by atoms with Gasteiger partial charge in [-0.2, -0.15) is 0 Å². The summed E-state index contributed by atoms with van der Waals surface area (Å²) in [7, 11) is 3.42. The first-order valence-electron chi connectivity index (χ1n) is 21.6. The Bertz CT molecular complexity index is 1690. The molecular formula is C46H72N8O5. The van der Waals surface area contributed by atoms with Gasteiger partial charge in [0.1, 0.15) is 6.04 Å². The number of hydrogen-bond acceptors (Lipinski definition) is 7. The maximum Gasteiger partial charge on any atom is 0.327 e. The van der Waals surface area contributed by atoms with Crippen molar-refractivity contribution >= 4 is 29.8 Å². The van der Waals surface area contributed by atoms with Gasteiger partial charge in [0.25, 0.3) is 0 Å². The van der Waals surface area contributed by atoms with Crippen LogP contribution in [0.3, 0.4) is 0 Å². The molecule has 59 heavy (non-hydrogen) atoms. The van der Waals surface area contributed by atoms with Crippen LogP contribution in [0.4, 0.5) is 9.59 Å². The lowest BCUT2D eigenvalue weighted by molar-refractivity contribution is -0.140. The van der Waals surface area contributed by atoms with Gasteiger partial charge in [-0.05, 0) is 104 Å². The number of nitrogens with zero attached hydrogens (tertiary/aromatic N) is 5. The summed E-state index contributed by atoms with van der Waals surface area (Å²) >= 11 is 0. The third-order valence-electron chi connectivity index (χ3n) is 11.8. The van der Waals surface area contributed by atoms with Crippen LogP contribution in [0.1, 0.15) is 92.2 Å². The molecule has 0 aromatic heterocycles. The SMILES string of the molecule is CN[C@@H](C)C(=O)N[C@H](C(=O)N1CCC[C@H]1CN(CCc1ccccc1)C(=O)N(CCc1ccccc1)C[C@@H]1CCCN1C(=O)N(C(=O)[C@H](C)NC)C(C)(C)C)C(C)(C)C. The highest BCUT2D eigenvalue weighted by Gasteiger charge is 2.43. The summed E-state index contributed by atoms with van der Waals surface area (Å²) in [5.41, 5.74) is 0.896. The molecule has 5 atom stereocenters. The molecule has 2 saturated heterocycles. The van der Waals surface area contributed by atoms with E-state index >= 15 is 4.79 Å². The molecule has 0 saturated carbocycles. The van der Waals surface area contributed by atoms with Crippen LogP contribution in [0.15, 0.2) is 60.7 Å². The van der Waals surface area contributed by atoms with E-state index in [9.17, 15) is 19.2 Å². The molecule has 0 unspecified atom stereocenters. The van der Waals surface area contributed by atoms with Gasteiger partial charge in [-0.1, -0.05) is 81.4 Å². The van der Waals surface area contributed by atoms with Gasteiger partial charge in [-0.25, -0.2) is 9.59 Å². The Morgan fingerprint density at radius 3 is 1.59 bits per heavy atom. The number of imide groups is 1. The number of carbonyl (C=O) groups excluding carboxylic acids is 5. The highest BCUT2D eigenvalue weighted by atomic mass is 16.2. The Labute approximate surface area is 353 Å². The smallest absolute Gasteiger partial charge is 0.327 e. The van der Waals surface area contributed by atoms with Gasteiger partial charge in [-0.15, -0.1) is 0 Å². The maximum absolute atomic E-state index is 15.2. The largest absolute Gasteiger partial charge is 0.342 e. The lowest BCUT2D eigenvalue weighted by Gasteiger charge is -2.41. The number of carbonyl (C=O) groups is 5. The molecule has 2 aromatic rings. The Balaban J connectivity index is 1.67. The van der Waals surface area contributed by atoms with E-state index in [1.807, 2.05) is 92.6 Å². The van der Waals surface area contributed by atoms with E-state index in [4.69, 9.17) is 0 Å². The molecule has 2 fully saturated rings. The van der Waals surface area contributed by atoms with E-state index in [1.54, 1.807) is 32.8 Å². The summed E-state index contributed by atoms with van der Waals surface area (Å²) in [6.07, 6.45) is 4.24. The second-order valence-corrected chi connectivity index (χ2v) is 18.4. The minimum atomic E-state index is -0.756. The molecule has 2 aliphatic heterocycles. The highest BCUT2D eigenvalue weighted by Crippen LogP contribution is 2.28. The van der Waals surface area contributed by atoms with E-state index in [2.05, 4.69) is 40.2 Å². The normalized spacial score (nSPS) is 18.5. The summed E-state index contributed by atoms with van der Waals surface area (Å²) < 4.78 is 0. The van der Waals surface area contributed by atoms with Crippen LogP contribution in [0.2, 0.25) is 0 Å². The molecule has 0 aliphatic carbocycles. The lowest BCUT2D eigenvalue weighted by Crippen LogP contribution is -2.61. The van der Waals surface area contributed by atoms with Gasteiger partial charge >= 0.3 is 12.1 Å². The van der Waals surface area contributed by atoms with Crippen molar-refractivity contribution in [2.45, 2.75) is 130 Å². The Morgan fingerprint density at radius 2 is 1.15 bits per heavy atom. The van der Waals surface area contributed by atoms with Crippen molar-refractivity contribution in [3.8, 4) is 0 Å². The van der Waals surface area contributed by atoms with Gasteiger partial charge in [0.05, 0.1) is 18.1 Å². The number of rotatable bonds is 16. The fourth-order valence-corrected chi connectivity index (χ4v) is 8.02. The quantitative estimate of drug-likeness (QED) is 0.213. The number of urea groups is 2. The minimum Gasteiger partial charge on any atom is -0.342 e. The van der Waals surface area contributed by atoms with Crippen molar-refractivity contribution in [1.29, 1.82) is 0 Å². The van der Waals surface area contributed by atoms with Crippen LogP contribution in [-0.4, -0.2) is 143 Å².